The van der Waals surface area contributed by atoms with Crippen LogP contribution in [0.4, 0.5) is 4.79 Å². The maximum absolute atomic E-state index is 11.6. The van der Waals surface area contributed by atoms with Crippen LogP contribution in [-0.2, 0) is 9.59 Å². The van der Waals surface area contributed by atoms with E-state index in [0.29, 0.717) is 0 Å². The van der Waals surface area contributed by atoms with Gasteiger partial charge in [-0.25, -0.2) is 4.79 Å². The molecule has 0 fully saturated rings. The van der Waals surface area contributed by atoms with Gasteiger partial charge in [0.25, 0.3) is 0 Å². The molecule has 1 aromatic carbocycles. The highest BCUT2D eigenvalue weighted by atomic mass is 16.2. The molecule has 0 aliphatic rings. The van der Waals surface area contributed by atoms with E-state index < -0.39 is 18.0 Å². The van der Waals surface area contributed by atoms with Crippen molar-refractivity contribution in [2.75, 3.05) is 6.54 Å². The van der Waals surface area contributed by atoms with Crippen molar-refractivity contribution in [3.05, 3.63) is 35.9 Å². The summed E-state index contributed by atoms with van der Waals surface area (Å²) in [7, 11) is 0. The molecule has 108 valence electrons. The number of hydrogen-bond acceptors (Lipinski definition) is 4. The average Bonchev–Trinajstić information content (AvgIpc) is 2.38. The van der Waals surface area contributed by atoms with E-state index in [4.69, 9.17) is 11.5 Å². The van der Waals surface area contributed by atoms with Gasteiger partial charge in [-0.1, -0.05) is 30.3 Å². The summed E-state index contributed by atoms with van der Waals surface area (Å²) >= 11 is 0. The molecular formula is C13H18N4O3. The van der Waals surface area contributed by atoms with Crippen molar-refractivity contribution in [3.8, 4) is 0 Å². The lowest BCUT2D eigenvalue weighted by Crippen LogP contribution is -2.37. The van der Waals surface area contributed by atoms with Crippen molar-refractivity contribution in [2.24, 2.45) is 11.5 Å². The first-order chi connectivity index (χ1) is 9.49. The number of benzene rings is 1. The molecule has 7 heteroatoms. The number of carbonyl (C=O) groups is 3. The number of rotatable bonds is 6. The van der Waals surface area contributed by atoms with Crippen molar-refractivity contribution in [3.63, 3.8) is 0 Å². The zero-order valence-electron chi connectivity index (χ0n) is 11.0. The Hall–Kier alpha value is -2.41. The van der Waals surface area contributed by atoms with Crippen LogP contribution in [0.1, 0.15) is 24.4 Å². The Morgan fingerprint density at radius 2 is 1.75 bits per heavy atom. The van der Waals surface area contributed by atoms with Crippen LogP contribution in [0, 0.1) is 0 Å². The molecule has 0 radical (unpaired) electrons. The van der Waals surface area contributed by atoms with E-state index in [9.17, 15) is 14.4 Å². The molecule has 1 rings (SSSR count). The first kappa shape index (κ1) is 15.6. The lowest BCUT2D eigenvalue weighted by molar-refractivity contribution is -0.122. The molecule has 0 aromatic heterocycles. The smallest absolute Gasteiger partial charge is 0.318 e. The fraction of sp³-hybridized carbons (Fsp3) is 0.308. The van der Waals surface area contributed by atoms with E-state index in [0.717, 1.165) is 5.56 Å². The highest BCUT2D eigenvalue weighted by Crippen LogP contribution is 2.12. The van der Waals surface area contributed by atoms with Gasteiger partial charge in [-0.2, -0.15) is 0 Å². The number of nitrogens with two attached hydrogens (primary N) is 2. The first-order valence-corrected chi connectivity index (χ1v) is 6.15. The van der Waals surface area contributed by atoms with Gasteiger partial charge >= 0.3 is 6.03 Å². The van der Waals surface area contributed by atoms with Crippen LogP contribution in [0.3, 0.4) is 0 Å². The van der Waals surface area contributed by atoms with Gasteiger partial charge in [-0.15, -0.1) is 0 Å². The Morgan fingerprint density at radius 1 is 1.10 bits per heavy atom. The molecule has 1 unspecified atom stereocenters. The van der Waals surface area contributed by atoms with E-state index >= 15 is 0 Å². The van der Waals surface area contributed by atoms with Gasteiger partial charge in [-0.05, 0) is 5.56 Å². The van der Waals surface area contributed by atoms with E-state index in [1.807, 2.05) is 35.6 Å². The minimum atomic E-state index is -0.910. The van der Waals surface area contributed by atoms with Gasteiger partial charge in [-0.3, -0.25) is 14.9 Å². The third-order valence-electron chi connectivity index (χ3n) is 2.57. The van der Waals surface area contributed by atoms with Crippen LogP contribution >= 0.6 is 0 Å². The summed E-state index contributed by atoms with van der Waals surface area (Å²) < 4.78 is 0. The first-order valence-electron chi connectivity index (χ1n) is 6.15. The van der Waals surface area contributed by atoms with Gasteiger partial charge in [0.05, 0.1) is 0 Å². The van der Waals surface area contributed by atoms with Crippen LogP contribution in [-0.4, -0.2) is 24.4 Å². The number of hydrogen-bond donors (Lipinski definition) is 4. The maximum Gasteiger partial charge on any atom is 0.318 e. The topological polar surface area (TPSA) is 127 Å². The SMILES string of the molecule is NC(=O)NC(=O)CCNC(=O)CC(N)c1ccccc1. The standard InChI is InChI=1S/C13H18N4O3/c14-10(9-4-2-1-3-5-9)8-12(19)16-7-6-11(18)17-13(15)20/h1-5,10H,6-8,14H2,(H,16,19)(H3,15,17,18,20). The van der Waals surface area contributed by atoms with E-state index in [1.165, 1.54) is 0 Å². The molecule has 0 saturated heterocycles. The number of primary amides is 1. The Morgan fingerprint density at radius 3 is 2.35 bits per heavy atom. The van der Waals surface area contributed by atoms with Gasteiger partial charge in [0.15, 0.2) is 0 Å². The Balaban J connectivity index is 2.27. The van der Waals surface area contributed by atoms with Crippen LogP contribution in [0.5, 0.6) is 0 Å². The summed E-state index contributed by atoms with van der Waals surface area (Å²) in [4.78, 5) is 33.1. The van der Waals surface area contributed by atoms with Crippen LogP contribution in [0.25, 0.3) is 0 Å². The molecule has 1 atom stereocenters. The summed E-state index contributed by atoms with van der Waals surface area (Å²) in [6, 6.07) is 7.95. The van der Waals surface area contributed by atoms with Gasteiger partial charge in [0.1, 0.15) is 0 Å². The molecular weight excluding hydrogens is 260 g/mol. The Bertz CT molecular complexity index is 476. The van der Waals surface area contributed by atoms with Crippen LogP contribution in [0.2, 0.25) is 0 Å². The monoisotopic (exact) mass is 278 g/mol. The molecule has 0 aliphatic carbocycles. The van der Waals surface area contributed by atoms with Crippen molar-refractivity contribution in [1.29, 1.82) is 0 Å². The molecule has 4 amide bonds. The summed E-state index contributed by atoms with van der Waals surface area (Å²) in [5.41, 5.74) is 11.5. The quantitative estimate of drug-likeness (QED) is 0.573. The Labute approximate surface area is 116 Å². The largest absolute Gasteiger partial charge is 0.356 e. The number of carbonyl (C=O) groups excluding carboxylic acids is 3. The van der Waals surface area contributed by atoms with Crippen LogP contribution < -0.4 is 22.1 Å². The molecule has 0 bridgehead atoms. The highest BCUT2D eigenvalue weighted by molar-refractivity contribution is 5.93. The van der Waals surface area contributed by atoms with Crippen LogP contribution in [0.15, 0.2) is 30.3 Å². The lowest BCUT2D eigenvalue weighted by atomic mass is 10.0. The second-order valence-electron chi connectivity index (χ2n) is 4.23. The van der Waals surface area contributed by atoms with Crippen molar-refractivity contribution >= 4 is 17.8 Å². The molecule has 1 aromatic rings. The number of imide groups is 1. The highest BCUT2D eigenvalue weighted by Gasteiger charge is 2.11. The normalized spacial score (nSPS) is 11.4. The summed E-state index contributed by atoms with van der Waals surface area (Å²) in [6.07, 6.45) is 0.108. The second kappa shape index (κ2) is 7.90. The third-order valence-corrected chi connectivity index (χ3v) is 2.57. The van der Waals surface area contributed by atoms with Gasteiger partial charge < -0.3 is 16.8 Å². The second-order valence-corrected chi connectivity index (χ2v) is 4.23. The fourth-order valence-electron chi connectivity index (χ4n) is 1.61. The molecule has 0 saturated carbocycles. The molecule has 0 spiro atoms. The maximum atomic E-state index is 11.6. The van der Waals surface area contributed by atoms with Crippen molar-refractivity contribution in [1.82, 2.24) is 10.6 Å². The van der Waals surface area contributed by atoms with E-state index in [-0.39, 0.29) is 25.3 Å². The minimum absolute atomic E-state index is 0.0186. The summed E-state index contributed by atoms with van der Waals surface area (Å²) in [6.45, 7) is 0.124. The minimum Gasteiger partial charge on any atom is -0.356 e. The average molecular weight is 278 g/mol. The number of urea groups is 1. The van der Waals surface area contributed by atoms with Gasteiger partial charge in [0, 0.05) is 25.4 Å². The zero-order valence-corrected chi connectivity index (χ0v) is 11.0. The summed E-state index contributed by atoms with van der Waals surface area (Å²) in [5, 5.41) is 4.46. The molecule has 6 N–H and O–H groups in total. The van der Waals surface area contributed by atoms with E-state index in [1.54, 1.807) is 0 Å². The molecule has 7 nitrogen and oxygen atoms in total. The van der Waals surface area contributed by atoms with E-state index in [2.05, 4.69) is 5.32 Å². The third kappa shape index (κ3) is 5.96. The predicted molar refractivity (Wildman–Crippen MR) is 73.3 cm³/mol. The molecule has 0 heterocycles. The van der Waals surface area contributed by atoms with Crippen molar-refractivity contribution < 1.29 is 14.4 Å². The number of nitrogens with one attached hydrogen (secondary N) is 2. The lowest BCUT2D eigenvalue weighted by Gasteiger charge is -2.11. The predicted octanol–water partition coefficient (Wildman–Crippen LogP) is -0.222. The fourth-order valence-corrected chi connectivity index (χ4v) is 1.61. The zero-order chi connectivity index (χ0) is 15.0. The number of amides is 4. The summed E-state index contributed by atoms with van der Waals surface area (Å²) in [5.74, 6) is -0.793. The molecule has 20 heavy (non-hydrogen) atoms. The van der Waals surface area contributed by atoms with Gasteiger partial charge in [0.2, 0.25) is 11.8 Å². The van der Waals surface area contributed by atoms with Crippen molar-refractivity contribution in [2.45, 2.75) is 18.9 Å². The molecule has 0 aliphatic heterocycles. The Kier molecular flexibility index (Phi) is 6.18.